The van der Waals surface area contributed by atoms with Crippen LogP contribution in [0.25, 0.3) is 0 Å². The van der Waals surface area contributed by atoms with Crippen LogP contribution in [0.3, 0.4) is 0 Å². The quantitative estimate of drug-likeness (QED) is 0.936. The summed E-state index contributed by atoms with van der Waals surface area (Å²) in [6.45, 7) is 1.95. The first-order valence-electron chi connectivity index (χ1n) is 6.56. The number of carbonyl (C=O) groups is 1. The molecule has 0 aliphatic carbocycles. The summed E-state index contributed by atoms with van der Waals surface area (Å²) in [4.78, 5) is 12.1. The highest BCUT2D eigenvalue weighted by atomic mass is 16.5. The molecule has 4 heteroatoms. The van der Waals surface area contributed by atoms with Crippen LogP contribution < -0.4 is 10.1 Å². The van der Waals surface area contributed by atoms with Gasteiger partial charge in [0.05, 0.1) is 30.9 Å². The van der Waals surface area contributed by atoms with Gasteiger partial charge in [0.25, 0.3) is 0 Å². The van der Waals surface area contributed by atoms with Crippen LogP contribution in [0.2, 0.25) is 0 Å². The Morgan fingerprint density at radius 3 is 2.57 bits per heavy atom. The third kappa shape index (κ3) is 3.83. The normalized spacial score (nSPS) is 9.76. The highest BCUT2D eigenvalue weighted by Gasteiger charge is 2.08. The number of nitrogens with zero attached hydrogens (tertiary/aromatic N) is 1. The van der Waals surface area contributed by atoms with Crippen molar-refractivity contribution in [3.8, 4) is 11.8 Å². The summed E-state index contributed by atoms with van der Waals surface area (Å²) >= 11 is 0. The largest absolute Gasteiger partial charge is 0.495 e. The SMILES string of the molecule is COc1ccc(C)cc1NC(=O)Cc1ccc(C#N)cc1. The molecule has 1 amide bonds. The maximum Gasteiger partial charge on any atom is 0.228 e. The molecule has 0 saturated carbocycles. The van der Waals surface area contributed by atoms with Crippen molar-refractivity contribution in [3.63, 3.8) is 0 Å². The number of amides is 1. The highest BCUT2D eigenvalue weighted by Crippen LogP contribution is 2.25. The lowest BCUT2D eigenvalue weighted by molar-refractivity contribution is -0.115. The summed E-state index contributed by atoms with van der Waals surface area (Å²) in [5, 5.41) is 11.6. The molecular weight excluding hydrogens is 264 g/mol. The molecule has 0 atom stereocenters. The number of methoxy groups -OCH3 is 1. The van der Waals surface area contributed by atoms with E-state index in [4.69, 9.17) is 10.00 Å². The topological polar surface area (TPSA) is 62.1 Å². The average molecular weight is 280 g/mol. The van der Waals surface area contributed by atoms with Crippen LogP contribution in [0.5, 0.6) is 5.75 Å². The first-order chi connectivity index (χ1) is 10.1. The van der Waals surface area contributed by atoms with Gasteiger partial charge in [-0.15, -0.1) is 0 Å². The van der Waals surface area contributed by atoms with Gasteiger partial charge in [-0.2, -0.15) is 5.26 Å². The van der Waals surface area contributed by atoms with Gasteiger partial charge in [0.1, 0.15) is 5.75 Å². The number of rotatable bonds is 4. The zero-order chi connectivity index (χ0) is 15.2. The van der Waals surface area contributed by atoms with E-state index in [0.717, 1.165) is 11.1 Å². The van der Waals surface area contributed by atoms with Gasteiger partial charge in [-0.25, -0.2) is 0 Å². The predicted octanol–water partition coefficient (Wildman–Crippen LogP) is 3.06. The minimum atomic E-state index is -0.122. The van der Waals surface area contributed by atoms with Crippen molar-refractivity contribution in [2.45, 2.75) is 13.3 Å². The van der Waals surface area contributed by atoms with Crippen molar-refractivity contribution in [2.75, 3.05) is 12.4 Å². The summed E-state index contributed by atoms with van der Waals surface area (Å²) in [6.07, 6.45) is 0.253. The van der Waals surface area contributed by atoms with Crippen molar-refractivity contribution in [1.82, 2.24) is 0 Å². The third-order valence-electron chi connectivity index (χ3n) is 3.08. The van der Waals surface area contributed by atoms with Gasteiger partial charge in [0.2, 0.25) is 5.91 Å². The second kappa shape index (κ2) is 6.58. The average Bonchev–Trinajstić information content (AvgIpc) is 2.48. The number of ether oxygens (including phenoxy) is 1. The molecule has 0 fully saturated rings. The van der Waals surface area contributed by atoms with E-state index < -0.39 is 0 Å². The molecule has 21 heavy (non-hydrogen) atoms. The second-order valence-corrected chi connectivity index (χ2v) is 4.74. The lowest BCUT2D eigenvalue weighted by Gasteiger charge is -2.11. The Kier molecular flexibility index (Phi) is 4.57. The van der Waals surface area contributed by atoms with E-state index in [1.165, 1.54) is 0 Å². The molecule has 0 heterocycles. The number of anilines is 1. The Morgan fingerprint density at radius 1 is 1.24 bits per heavy atom. The van der Waals surface area contributed by atoms with Gasteiger partial charge in [0.15, 0.2) is 0 Å². The van der Waals surface area contributed by atoms with E-state index in [0.29, 0.717) is 17.0 Å². The molecule has 0 radical (unpaired) electrons. The molecule has 0 bridgehead atoms. The van der Waals surface area contributed by atoms with Gasteiger partial charge < -0.3 is 10.1 Å². The molecule has 1 N–H and O–H groups in total. The molecule has 4 nitrogen and oxygen atoms in total. The molecule has 0 saturated heterocycles. The van der Waals surface area contributed by atoms with Gasteiger partial charge in [0, 0.05) is 0 Å². The minimum absolute atomic E-state index is 0.122. The number of carbonyl (C=O) groups excluding carboxylic acids is 1. The number of nitriles is 1. The zero-order valence-electron chi connectivity index (χ0n) is 12.0. The first kappa shape index (κ1) is 14.6. The molecule has 106 valence electrons. The van der Waals surface area contributed by atoms with Gasteiger partial charge in [-0.1, -0.05) is 18.2 Å². The van der Waals surface area contributed by atoms with Crippen LogP contribution in [0.4, 0.5) is 5.69 Å². The summed E-state index contributed by atoms with van der Waals surface area (Å²) < 4.78 is 5.23. The number of nitrogens with one attached hydrogen (secondary N) is 1. The van der Waals surface area contributed by atoms with Crippen LogP contribution in [0, 0.1) is 18.3 Å². The number of benzene rings is 2. The molecule has 0 aliphatic heterocycles. The minimum Gasteiger partial charge on any atom is -0.495 e. The van der Waals surface area contributed by atoms with Crippen molar-refractivity contribution in [1.29, 1.82) is 5.26 Å². The van der Waals surface area contributed by atoms with Crippen LogP contribution in [0.1, 0.15) is 16.7 Å². The van der Waals surface area contributed by atoms with Gasteiger partial charge >= 0.3 is 0 Å². The van der Waals surface area contributed by atoms with Crippen LogP contribution in [0.15, 0.2) is 42.5 Å². The Balaban J connectivity index is 2.07. The number of hydrogen-bond donors (Lipinski definition) is 1. The van der Waals surface area contributed by atoms with Crippen molar-refractivity contribution in [3.05, 3.63) is 59.2 Å². The first-order valence-corrected chi connectivity index (χ1v) is 6.56. The molecule has 2 aromatic rings. The predicted molar refractivity (Wildman–Crippen MR) is 81.2 cm³/mol. The Morgan fingerprint density at radius 2 is 1.95 bits per heavy atom. The zero-order valence-corrected chi connectivity index (χ0v) is 12.0. The molecule has 0 aliphatic rings. The summed E-state index contributed by atoms with van der Waals surface area (Å²) in [5.74, 6) is 0.511. The summed E-state index contributed by atoms with van der Waals surface area (Å²) in [5.41, 5.74) is 3.15. The molecule has 0 unspecified atom stereocenters. The van der Waals surface area contributed by atoms with Crippen molar-refractivity contribution in [2.24, 2.45) is 0 Å². The van der Waals surface area contributed by atoms with Crippen LogP contribution >= 0.6 is 0 Å². The Hall–Kier alpha value is -2.80. The van der Waals surface area contributed by atoms with E-state index in [-0.39, 0.29) is 12.3 Å². The summed E-state index contributed by atoms with van der Waals surface area (Å²) in [7, 11) is 1.57. The smallest absolute Gasteiger partial charge is 0.228 e. The highest BCUT2D eigenvalue weighted by molar-refractivity contribution is 5.93. The fourth-order valence-corrected chi connectivity index (χ4v) is 2.00. The Bertz CT molecular complexity index is 685. The fourth-order valence-electron chi connectivity index (χ4n) is 2.00. The molecule has 2 rings (SSSR count). The summed E-state index contributed by atoms with van der Waals surface area (Å²) in [6, 6.07) is 14.6. The molecule has 2 aromatic carbocycles. The molecule has 0 aromatic heterocycles. The van der Waals surface area contributed by atoms with Crippen molar-refractivity contribution < 1.29 is 9.53 Å². The molecule has 0 spiro atoms. The van der Waals surface area contributed by atoms with E-state index in [2.05, 4.69) is 11.4 Å². The van der Waals surface area contributed by atoms with Crippen LogP contribution in [-0.4, -0.2) is 13.0 Å². The van der Waals surface area contributed by atoms with Crippen LogP contribution in [-0.2, 0) is 11.2 Å². The van der Waals surface area contributed by atoms with E-state index in [1.54, 1.807) is 31.4 Å². The lowest BCUT2D eigenvalue weighted by Crippen LogP contribution is -2.15. The van der Waals surface area contributed by atoms with E-state index >= 15 is 0 Å². The van der Waals surface area contributed by atoms with Gasteiger partial charge in [-0.3, -0.25) is 4.79 Å². The fraction of sp³-hybridized carbons (Fsp3) is 0.176. The number of hydrogen-bond acceptors (Lipinski definition) is 3. The third-order valence-corrected chi connectivity index (χ3v) is 3.08. The van der Waals surface area contributed by atoms with E-state index in [1.807, 2.05) is 25.1 Å². The maximum atomic E-state index is 12.1. The monoisotopic (exact) mass is 280 g/mol. The van der Waals surface area contributed by atoms with Gasteiger partial charge in [-0.05, 0) is 42.3 Å². The Labute approximate surface area is 124 Å². The van der Waals surface area contributed by atoms with E-state index in [9.17, 15) is 4.79 Å². The molecular formula is C17H16N2O2. The maximum absolute atomic E-state index is 12.1. The lowest BCUT2D eigenvalue weighted by atomic mass is 10.1. The van der Waals surface area contributed by atoms with Crippen molar-refractivity contribution >= 4 is 11.6 Å². The number of aryl methyl sites for hydroxylation is 1. The second-order valence-electron chi connectivity index (χ2n) is 4.74. The standard InChI is InChI=1S/C17H16N2O2/c1-12-3-8-16(21-2)15(9-12)19-17(20)10-13-4-6-14(11-18)7-5-13/h3-9H,10H2,1-2H3,(H,19,20).